The standard InChI is InChI=1S/C15H19N3/c1-11-3-5-12(6-4-11)15(13-7-8-13)16-14-9-10-18(2)17-14/h3-6,9-10,13,15H,7-8H2,1-2H3,(H,16,17). The van der Waals surface area contributed by atoms with Crippen LogP contribution in [0.1, 0.15) is 30.0 Å². The van der Waals surface area contributed by atoms with Crippen LogP contribution in [0.15, 0.2) is 36.5 Å². The number of hydrogen-bond donors (Lipinski definition) is 1. The molecule has 1 unspecified atom stereocenters. The van der Waals surface area contributed by atoms with E-state index in [-0.39, 0.29) is 0 Å². The molecular formula is C15H19N3. The molecule has 3 rings (SSSR count). The highest BCUT2D eigenvalue weighted by molar-refractivity contribution is 5.39. The van der Waals surface area contributed by atoms with E-state index in [1.165, 1.54) is 24.0 Å². The predicted molar refractivity (Wildman–Crippen MR) is 73.5 cm³/mol. The number of rotatable bonds is 4. The maximum absolute atomic E-state index is 4.41. The van der Waals surface area contributed by atoms with E-state index in [2.05, 4.69) is 41.6 Å². The first-order valence-electron chi connectivity index (χ1n) is 6.55. The van der Waals surface area contributed by atoms with E-state index < -0.39 is 0 Å². The lowest BCUT2D eigenvalue weighted by Crippen LogP contribution is -2.13. The lowest BCUT2D eigenvalue weighted by atomic mass is 10.0. The Labute approximate surface area is 108 Å². The molecule has 1 saturated carbocycles. The third kappa shape index (κ3) is 2.40. The van der Waals surface area contributed by atoms with Crippen LogP contribution in [0, 0.1) is 12.8 Å². The van der Waals surface area contributed by atoms with Crippen LogP contribution >= 0.6 is 0 Å². The van der Waals surface area contributed by atoms with E-state index in [0.717, 1.165) is 11.7 Å². The van der Waals surface area contributed by atoms with Gasteiger partial charge in [-0.25, -0.2) is 0 Å². The summed E-state index contributed by atoms with van der Waals surface area (Å²) in [6, 6.07) is 11.3. The van der Waals surface area contributed by atoms with Crippen LogP contribution in [0.4, 0.5) is 5.82 Å². The minimum absolute atomic E-state index is 0.403. The average molecular weight is 241 g/mol. The van der Waals surface area contributed by atoms with Gasteiger partial charge in [-0.15, -0.1) is 0 Å². The number of nitrogens with one attached hydrogen (secondary N) is 1. The molecule has 1 aliphatic carbocycles. The normalized spacial score (nSPS) is 16.6. The van der Waals surface area contributed by atoms with E-state index in [0.29, 0.717) is 6.04 Å². The molecule has 1 atom stereocenters. The fourth-order valence-corrected chi connectivity index (χ4v) is 2.33. The molecule has 3 nitrogen and oxygen atoms in total. The molecule has 1 aliphatic rings. The molecular weight excluding hydrogens is 222 g/mol. The van der Waals surface area contributed by atoms with Gasteiger partial charge in [0.05, 0.1) is 6.04 Å². The van der Waals surface area contributed by atoms with Crippen molar-refractivity contribution in [2.45, 2.75) is 25.8 Å². The van der Waals surface area contributed by atoms with Crippen molar-refractivity contribution in [2.75, 3.05) is 5.32 Å². The Morgan fingerprint density at radius 2 is 1.94 bits per heavy atom. The maximum Gasteiger partial charge on any atom is 0.148 e. The first-order chi connectivity index (χ1) is 8.72. The maximum atomic E-state index is 4.41. The van der Waals surface area contributed by atoms with E-state index in [9.17, 15) is 0 Å². The van der Waals surface area contributed by atoms with Crippen molar-refractivity contribution >= 4 is 5.82 Å². The molecule has 0 radical (unpaired) electrons. The quantitative estimate of drug-likeness (QED) is 0.890. The summed E-state index contributed by atoms with van der Waals surface area (Å²) < 4.78 is 1.83. The van der Waals surface area contributed by atoms with Gasteiger partial charge in [-0.1, -0.05) is 29.8 Å². The summed E-state index contributed by atoms with van der Waals surface area (Å²) in [6.07, 6.45) is 4.61. The fraction of sp³-hybridized carbons (Fsp3) is 0.400. The minimum Gasteiger partial charge on any atom is -0.362 e. The van der Waals surface area contributed by atoms with Gasteiger partial charge < -0.3 is 5.32 Å². The lowest BCUT2D eigenvalue weighted by Gasteiger charge is -2.18. The van der Waals surface area contributed by atoms with Crippen molar-refractivity contribution in [1.29, 1.82) is 0 Å². The van der Waals surface area contributed by atoms with Gasteiger partial charge in [0.25, 0.3) is 0 Å². The van der Waals surface area contributed by atoms with Crippen LogP contribution in [0.3, 0.4) is 0 Å². The van der Waals surface area contributed by atoms with Gasteiger partial charge in [-0.2, -0.15) is 5.10 Å². The van der Waals surface area contributed by atoms with Crippen LogP contribution in [-0.2, 0) is 7.05 Å². The Hall–Kier alpha value is -1.77. The molecule has 1 aromatic carbocycles. The highest BCUT2D eigenvalue weighted by Crippen LogP contribution is 2.42. The molecule has 0 bridgehead atoms. The first-order valence-corrected chi connectivity index (χ1v) is 6.55. The monoisotopic (exact) mass is 241 g/mol. The fourth-order valence-electron chi connectivity index (χ4n) is 2.33. The van der Waals surface area contributed by atoms with Crippen molar-refractivity contribution in [3.05, 3.63) is 47.7 Å². The summed E-state index contributed by atoms with van der Waals surface area (Å²) in [4.78, 5) is 0. The molecule has 3 heteroatoms. The lowest BCUT2D eigenvalue weighted by molar-refractivity contribution is 0.669. The Balaban J connectivity index is 1.82. The van der Waals surface area contributed by atoms with Gasteiger partial charge in [0.2, 0.25) is 0 Å². The van der Waals surface area contributed by atoms with E-state index in [1.54, 1.807) is 0 Å². The molecule has 0 saturated heterocycles. The van der Waals surface area contributed by atoms with E-state index >= 15 is 0 Å². The second-order valence-corrected chi connectivity index (χ2v) is 5.24. The van der Waals surface area contributed by atoms with Crippen LogP contribution < -0.4 is 5.32 Å². The van der Waals surface area contributed by atoms with E-state index in [4.69, 9.17) is 0 Å². The van der Waals surface area contributed by atoms with Crippen LogP contribution in [0.25, 0.3) is 0 Å². The molecule has 1 aromatic heterocycles. The number of benzene rings is 1. The van der Waals surface area contributed by atoms with Gasteiger partial charge in [-0.05, 0) is 31.2 Å². The van der Waals surface area contributed by atoms with Crippen LogP contribution in [-0.4, -0.2) is 9.78 Å². The Morgan fingerprint density at radius 3 is 2.50 bits per heavy atom. The van der Waals surface area contributed by atoms with Gasteiger partial charge in [0, 0.05) is 19.3 Å². The average Bonchev–Trinajstić information content (AvgIpc) is 3.12. The summed E-state index contributed by atoms with van der Waals surface area (Å²) >= 11 is 0. The second kappa shape index (κ2) is 4.48. The molecule has 1 fully saturated rings. The smallest absolute Gasteiger partial charge is 0.148 e. The highest BCUT2D eigenvalue weighted by atomic mass is 15.3. The highest BCUT2D eigenvalue weighted by Gasteiger charge is 2.32. The zero-order chi connectivity index (χ0) is 12.5. The Bertz CT molecular complexity index is 523. The number of aromatic nitrogens is 2. The predicted octanol–water partition coefficient (Wildman–Crippen LogP) is 3.29. The summed E-state index contributed by atoms with van der Waals surface area (Å²) in [7, 11) is 1.95. The molecule has 0 spiro atoms. The molecule has 1 heterocycles. The number of aryl methyl sites for hydroxylation is 2. The molecule has 1 N–H and O–H groups in total. The zero-order valence-corrected chi connectivity index (χ0v) is 10.9. The topological polar surface area (TPSA) is 29.9 Å². The zero-order valence-electron chi connectivity index (χ0n) is 10.9. The molecule has 0 amide bonds. The molecule has 0 aliphatic heterocycles. The molecule has 94 valence electrons. The van der Waals surface area contributed by atoms with Crippen molar-refractivity contribution in [3.63, 3.8) is 0 Å². The molecule has 18 heavy (non-hydrogen) atoms. The third-order valence-corrected chi connectivity index (χ3v) is 3.55. The summed E-state index contributed by atoms with van der Waals surface area (Å²) in [5.74, 6) is 1.73. The van der Waals surface area contributed by atoms with Crippen molar-refractivity contribution in [2.24, 2.45) is 13.0 Å². The molecule has 2 aromatic rings. The largest absolute Gasteiger partial charge is 0.362 e. The second-order valence-electron chi connectivity index (χ2n) is 5.24. The van der Waals surface area contributed by atoms with Crippen molar-refractivity contribution in [3.8, 4) is 0 Å². The number of nitrogens with zero attached hydrogens (tertiary/aromatic N) is 2. The van der Waals surface area contributed by atoms with Gasteiger partial charge >= 0.3 is 0 Å². The van der Waals surface area contributed by atoms with Crippen molar-refractivity contribution in [1.82, 2.24) is 9.78 Å². The summed E-state index contributed by atoms with van der Waals surface area (Å²) in [6.45, 7) is 2.13. The number of hydrogen-bond acceptors (Lipinski definition) is 2. The van der Waals surface area contributed by atoms with Crippen LogP contribution in [0.2, 0.25) is 0 Å². The van der Waals surface area contributed by atoms with Gasteiger partial charge in [0.1, 0.15) is 5.82 Å². The first kappa shape index (κ1) is 11.3. The van der Waals surface area contributed by atoms with Gasteiger partial charge in [0.15, 0.2) is 0 Å². The number of anilines is 1. The third-order valence-electron chi connectivity index (χ3n) is 3.55. The van der Waals surface area contributed by atoms with Crippen LogP contribution in [0.5, 0.6) is 0 Å². The Morgan fingerprint density at radius 1 is 1.22 bits per heavy atom. The SMILES string of the molecule is Cc1ccc(C(Nc2ccn(C)n2)C2CC2)cc1. The van der Waals surface area contributed by atoms with E-state index in [1.807, 2.05) is 24.0 Å². The van der Waals surface area contributed by atoms with Gasteiger partial charge in [-0.3, -0.25) is 4.68 Å². The Kier molecular flexibility index (Phi) is 2.82. The summed E-state index contributed by atoms with van der Waals surface area (Å²) in [5, 5.41) is 7.97. The summed E-state index contributed by atoms with van der Waals surface area (Å²) in [5.41, 5.74) is 2.68. The van der Waals surface area contributed by atoms with Crippen molar-refractivity contribution < 1.29 is 0 Å². The minimum atomic E-state index is 0.403.